The molecule has 0 aliphatic rings. The average molecular weight is 213 g/mol. The lowest BCUT2D eigenvalue weighted by Gasteiger charge is -2.41. The molecule has 1 unspecified atom stereocenters. The number of aliphatic hydroxyl groups excluding tert-OH is 1. The van der Waals surface area contributed by atoms with E-state index in [0.717, 1.165) is 0 Å². The van der Waals surface area contributed by atoms with Crippen LogP contribution >= 0.6 is 0 Å². The molecule has 1 amide bonds. The first-order valence-electron chi connectivity index (χ1n) is 5.21. The largest absolute Gasteiger partial charge is 0.396 e. The number of primary amides is 1. The number of nitrogens with two attached hydrogens (primary N) is 1. The fourth-order valence-electron chi connectivity index (χ4n) is 2.15. The van der Waals surface area contributed by atoms with E-state index < -0.39 is 5.41 Å². The Bertz CT molecular complexity index is 242. The van der Waals surface area contributed by atoms with Crippen molar-refractivity contribution in [3.8, 4) is 0 Å². The molecule has 88 valence electrons. The van der Waals surface area contributed by atoms with E-state index in [-0.39, 0.29) is 23.8 Å². The zero-order valence-electron chi connectivity index (χ0n) is 10.2. The van der Waals surface area contributed by atoms with Gasteiger partial charge in [0, 0.05) is 12.5 Å². The molecule has 2 atom stereocenters. The maximum Gasteiger partial charge on any atom is 0.224 e. The van der Waals surface area contributed by atoms with Crippen LogP contribution in [0.2, 0.25) is 0 Å². The number of hydrogen-bond donors (Lipinski definition) is 2. The molecule has 0 radical (unpaired) electrons. The number of carbonyl (C=O) groups is 1. The van der Waals surface area contributed by atoms with Gasteiger partial charge in [-0.15, -0.1) is 6.58 Å². The van der Waals surface area contributed by atoms with E-state index in [0.29, 0.717) is 6.42 Å². The van der Waals surface area contributed by atoms with Gasteiger partial charge in [0.2, 0.25) is 5.91 Å². The van der Waals surface area contributed by atoms with E-state index in [1.54, 1.807) is 13.0 Å². The van der Waals surface area contributed by atoms with Crippen LogP contribution in [0.3, 0.4) is 0 Å². The molecule has 0 spiro atoms. The summed E-state index contributed by atoms with van der Waals surface area (Å²) in [5.74, 6) is -0.545. The molecule has 0 rings (SSSR count). The molecule has 0 fully saturated rings. The Labute approximate surface area is 92.4 Å². The summed E-state index contributed by atoms with van der Waals surface area (Å²) in [5.41, 5.74) is 4.54. The molecule has 3 nitrogen and oxygen atoms in total. The van der Waals surface area contributed by atoms with Crippen LogP contribution in [-0.4, -0.2) is 17.6 Å². The van der Waals surface area contributed by atoms with Crippen LogP contribution in [0.1, 0.15) is 34.1 Å². The number of carbonyl (C=O) groups excluding carboxylic acids is 1. The second kappa shape index (κ2) is 4.79. The van der Waals surface area contributed by atoms with Gasteiger partial charge in [0.25, 0.3) is 0 Å². The van der Waals surface area contributed by atoms with Crippen molar-refractivity contribution in [2.45, 2.75) is 34.1 Å². The highest BCUT2D eigenvalue weighted by Gasteiger charge is 2.44. The number of rotatable bonds is 5. The van der Waals surface area contributed by atoms with Gasteiger partial charge in [-0.25, -0.2) is 0 Å². The van der Waals surface area contributed by atoms with Crippen molar-refractivity contribution >= 4 is 5.91 Å². The molecular formula is C12H23NO2. The quantitative estimate of drug-likeness (QED) is 0.683. The van der Waals surface area contributed by atoms with Gasteiger partial charge >= 0.3 is 0 Å². The number of hydrogen-bond acceptors (Lipinski definition) is 2. The van der Waals surface area contributed by atoms with Gasteiger partial charge in [-0.1, -0.05) is 33.8 Å². The van der Waals surface area contributed by atoms with Gasteiger partial charge < -0.3 is 10.8 Å². The molecule has 0 heterocycles. The first-order chi connectivity index (χ1) is 6.70. The van der Waals surface area contributed by atoms with Crippen molar-refractivity contribution in [1.29, 1.82) is 0 Å². The third kappa shape index (κ3) is 3.06. The van der Waals surface area contributed by atoms with Crippen LogP contribution in [0.25, 0.3) is 0 Å². The summed E-state index contributed by atoms with van der Waals surface area (Å²) in [5, 5.41) is 9.43. The Morgan fingerprint density at radius 3 is 2.13 bits per heavy atom. The van der Waals surface area contributed by atoms with E-state index in [1.165, 1.54) is 0 Å². The van der Waals surface area contributed by atoms with Crippen molar-refractivity contribution in [2.75, 3.05) is 6.61 Å². The molecule has 0 aromatic heterocycles. The minimum absolute atomic E-state index is 0.0449. The highest BCUT2D eigenvalue weighted by Crippen LogP contribution is 2.42. The van der Waals surface area contributed by atoms with Gasteiger partial charge in [0.1, 0.15) is 0 Å². The first-order valence-corrected chi connectivity index (χ1v) is 5.21. The Kier molecular flexibility index (Phi) is 4.53. The summed E-state index contributed by atoms with van der Waals surface area (Å²) in [4.78, 5) is 11.5. The lowest BCUT2D eigenvalue weighted by atomic mass is 9.63. The lowest BCUT2D eigenvalue weighted by Crippen LogP contribution is -2.47. The average Bonchev–Trinajstić information content (AvgIpc) is 2.02. The summed E-state index contributed by atoms with van der Waals surface area (Å²) in [7, 11) is 0. The number of allylic oxidation sites excluding steroid dienone is 1. The van der Waals surface area contributed by atoms with E-state index in [1.807, 2.05) is 20.8 Å². The summed E-state index contributed by atoms with van der Waals surface area (Å²) >= 11 is 0. The minimum atomic E-state index is -0.727. The van der Waals surface area contributed by atoms with Gasteiger partial charge in [0.15, 0.2) is 0 Å². The molecule has 0 bridgehead atoms. The molecule has 0 aliphatic carbocycles. The van der Waals surface area contributed by atoms with E-state index in [9.17, 15) is 9.90 Å². The van der Waals surface area contributed by atoms with Crippen LogP contribution in [0.15, 0.2) is 12.7 Å². The SMILES string of the molecule is C=CCC(C)(C(N)=O)[C@@H](CO)C(C)(C)C. The Hall–Kier alpha value is -0.830. The molecular weight excluding hydrogens is 190 g/mol. The molecule has 0 aromatic rings. The normalized spacial score (nSPS) is 17.9. The van der Waals surface area contributed by atoms with Crippen molar-refractivity contribution in [2.24, 2.45) is 22.5 Å². The fraction of sp³-hybridized carbons (Fsp3) is 0.750. The smallest absolute Gasteiger partial charge is 0.224 e. The maximum absolute atomic E-state index is 11.5. The van der Waals surface area contributed by atoms with Crippen molar-refractivity contribution in [3.63, 3.8) is 0 Å². The van der Waals surface area contributed by atoms with Crippen LogP contribution < -0.4 is 5.73 Å². The summed E-state index contributed by atoms with van der Waals surface area (Å²) in [6, 6.07) is 0. The van der Waals surface area contributed by atoms with Gasteiger partial charge in [-0.05, 0) is 11.8 Å². The standard InChI is InChI=1S/C12H23NO2/c1-6-7-12(5,10(13)15)9(8-14)11(2,3)4/h6,9,14H,1,7-8H2,2-5H3,(H2,13,15)/t9-,12?/m0/s1. The van der Waals surface area contributed by atoms with Crippen LogP contribution in [-0.2, 0) is 4.79 Å². The molecule has 0 aliphatic heterocycles. The monoisotopic (exact) mass is 213 g/mol. The van der Waals surface area contributed by atoms with Crippen molar-refractivity contribution in [3.05, 3.63) is 12.7 Å². The van der Waals surface area contributed by atoms with Gasteiger partial charge in [-0.2, -0.15) is 0 Å². The Balaban J connectivity index is 5.20. The second-order valence-electron chi connectivity index (χ2n) is 5.38. The van der Waals surface area contributed by atoms with E-state index in [2.05, 4.69) is 6.58 Å². The van der Waals surface area contributed by atoms with E-state index >= 15 is 0 Å². The zero-order chi connectivity index (χ0) is 12.3. The molecule has 0 saturated carbocycles. The zero-order valence-corrected chi connectivity index (χ0v) is 10.2. The fourth-order valence-corrected chi connectivity index (χ4v) is 2.15. The first kappa shape index (κ1) is 14.2. The Morgan fingerprint density at radius 2 is 1.93 bits per heavy atom. The maximum atomic E-state index is 11.5. The third-order valence-corrected chi connectivity index (χ3v) is 3.13. The Morgan fingerprint density at radius 1 is 1.47 bits per heavy atom. The molecule has 15 heavy (non-hydrogen) atoms. The highest BCUT2D eigenvalue weighted by molar-refractivity contribution is 5.81. The summed E-state index contributed by atoms with van der Waals surface area (Å²) in [6.07, 6.45) is 2.17. The van der Waals surface area contributed by atoms with Gasteiger partial charge in [-0.3, -0.25) is 4.79 Å². The number of amides is 1. The minimum Gasteiger partial charge on any atom is -0.396 e. The molecule has 0 saturated heterocycles. The van der Waals surface area contributed by atoms with E-state index in [4.69, 9.17) is 5.73 Å². The predicted molar refractivity (Wildman–Crippen MR) is 62.1 cm³/mol. The van der Waals surface area contributed by atoms with Crippen LogP contribution in [0, 0.1) is 16.7 Å². The van der Waals surface area contributed by atoms with Crippen LogP contribution in [0.4, 0.5) is 0 Å². The third-order valence-electron chi connectivity index (χ3n) is 3.13. The van der Waals surface area contributed by atoms with Gasteiger partial charge in [0.05, 0.1) is 5.41 Å². The molecule has 3 heteroatoms. The number of aliphatic hydroxyl groups is 1. The lowest BCUT2D eigenvalue weighted by molar-refractivity contribution is -0.134. The topological polar surface area (TPSA) is 63.3 Å². The van der Waals surface area contributed by atoms with Crippen molar-refractivity contribution in [1.82, 2.24) is 0 Å². The molecule has 3 N–H and O–H groups in total. The summed E-state index contributed by atoms with van der Waals surface area (Å²) < 4.78 is 0. The molecule has 0 aromatic carbocycles. The second-order valence-corrected chi connectivity index (χ2v) is 5.38. The summed E-state index contributed by atoms with van der Waals surface area (Å²) in [6.45, 7) is 11.4. The van der Waals surface area contributed by atoms with Crippen LogP contribution in [0.5, 0.6) is 0 Å². The predicted octanol–water partition coefficient (Wildman–Crippen LogP) is 1.71. The highest BCUT2D eigenvalue weighted by atomic mass is 16.3. The van der Waals surface area contributed by atoms with Crippen molar-refractivity contribution < 1.29 is 9.90 Å².